The third-order valence-electron chi connectivity index (χ3n) is 4.94. The molecule has 0 fully saturated rings. The number of carbonyl (C=O) groups is 1. The maximum absolute atomic E-state index is 11.5. The number of hydrogen-bond donors (Lipinski definition) is 1. The van der Waals surface area contributed by atoms with Crippen LogP contribution < -0.4 is 4.74 Å². The lowest BCUT2D eigenvalue weighted by molar-refractivity contribution is -0.145. The van der Waals surface area contributed by atoms with E-state index in [9.17, 15) is 9.90 Å². The van der Waals surface area contributed by atoms with Crippen LogP contribution in [0.25, 0.3) is 16.7 Å². The van der Waals surface area contributed by atoms with Gasteiger partial charge in [0, 0.05) is 16.2 Å². The Bertz CT molecular complexity index is 1170. The summed E-state index contributed by atoms with van der Waals surface area (Å²) in [4.78, 5) is 12.6. The van der Waals surface area contributed by atoms with Crippen LogP contribution in [0.15, 0.2) is 83.8 Å². The third-order valence-corrected chi connectivity index (χ3v) is 5.86. The molecule has 174 valence electrons. The van der Waals surface area contributed by atoms with Crippen molar-refractivity contribution in [2.24, 2.45) is 0 Å². The summed E-state index contributed by atoms with van der Waals surface area (Å²) in [5.41, 5.74) is 5.16. The van der Waals surface area contributed by atoms with Crippen molar-refractivity contribution in [3.8, 4) is 28.7 Å². The first kappa shape index (κ1) is 25.2. The zero-order valence-electron chi connectivity index (χ0n) is 19.4. The molecule has 4 nitrogen and oxygen atoms in total. The maximum atomic E-state index is 11.5. The van der Waals surface area contributed by atoms with Gasteiger partial charge in [-0.1, -0.05) is 72.5 Å². The lowest BCUT2D eigenvalue weighted by atomic mass is 10.0. The molecule has 0 saturated carbocycles. The van der Waals surface area contributed by atoms with Crippen molar-refractivity contribution in [3.05, 3.63) is 90.0 Å². The van der Waals surface area contributed by atoms with Crippen molar-refractivity contribution in [1.29, 1.82) is 0 Å². The topological polar surface area (TPSA) is 55.8 Å². The van der Waals surface area contributed by atoms with Crippen molar-refractivity contribution in [3.63, 3.8) is 0 Å². The second-order valence-electron chi connectivity index (χ2n) is 7.35. The highest BCUT2D eigenvalue weighted by Gasteiger charge is 2.07. The molecule has 0 atom stereocenters. The summed E-state index contributed by atoms with van der Waals surface area (Å²) in [6.07, 6.45) is 2.07. The first-order chi connectivity index (χ1) is 16.6. The molecule has 0 unspecified atom stereocenters. The fourth-order valence-electron chi connectivity index (χ4n) is 3.28. The first-order valence-electron chi connectivity index (χ1n) is 11.1. The van der Waals surface area contributed by atoms with E-state index >= 15 is 0 Å². The van der Waals surface area contributed by atoms with E-state index in [0.717, 1.165) is 32.9 Å². The molecule has 0 radical (unpaired) electrons. The lowest BCUT2D eigenvalue weighted by Gasteiger charge is -2.10. The molecule has 1 N–H and O–H groups in total. The molecule has 3 aromatic rings. The molecular formula is C29H28O4S. The Morgan fingerprint density at radius 1 is 1.03 bits per heavy atom. The predicted octanol–water partition coefficient (Wildman–Crippen LogP) is 5.78. The standard InChI is InChI=1S/C29H28O4S/c1-3-32-29(31)21-33-28-16-15-27(20-22(28)2)34-19-17-24(10-7-18-30)26-13-11-25(12-14-26)23-8-5-4-6-9-23/h4-6,8-9,11-17,20,30H,3,18-19,21H2,1-2H3/b24-17+. The van der Waals surface area contributed by atoms with Crippen molar-refractivity contribution in [1.82, 2.24) is 0 Å². The number of hydrogen-bond acceptors (Lipinski definition) is 5. The molecule has 0 spiro atoms. The maximum Gasteiger partial charge on any atom is 0.344 e. The molecule has 5 heteroatoms. The average Bonchev–Trinajstić information content (AvgIpc) is 2.86. The monoisotopic (exact) mass is 472 g/mol. The SMILES string of the molecule is CCOC(=O)COc1ccc(SC/C=C(\C#CCO)c2ccc(-c3ccccc3)cc2)cc1C. The van der Waals surface area contributed by atoms with Crippen molar-refractivity contribution in [2.75, 3.05) is 25.6 Å². The summed E-state index contributed by atoms with van der Waals surface area (Å²) in [7, 11) is 0. The molecule has 3 aromatic carbocycles. The summed E-state index contributed by atoms with van der Waals surface area (Å²) in [5.74, 6) is 6.85. The van der Waals surface area contributed by atoms with Crippen LogP contribution in [0.1, 0.15) is 18.1 Å². The van der Waals surface area contributed by atoms with Gasteiger partial charge in [-0.05, 0) is 54.3 Å². The minimum atomic E-state index is -0.376. The molecule has 0 saturated heterocycles. The number of carbonyl (C=O) groups excluding carboxylic acids is 1. The predicted molar refractivity (Wildman–Crippen MR) is 139 cm³/mol. The van der Waals surface area contributed by atoms with Crippen LogP contribution in [-0.4, -0.2) is 36.6 Å². The quantitative estimate of drug-likeness (QED) is 0.243. The van der Waals surface area contributed by atoms with Crippen LogP contribution in [0.2, 0.25) is 0 Å². The highest BCUT2D eigenvalue weighted by atomic mass is 32.2. The number of ether oxygens (including phenoxy) is 2. The number of allylic oxidation sites excluding steroid dienone is 1. The summed E-state index contributed by atoms with van der Waals surface area (Å²) >= 11 is 1.68. The van der Waals surface area contributed by atoms with Gasteiger partial charge in [0.05, 0.1) is 6.61 Å². The number of thioether (sulfide) groups is 1. The number of rotatable bonds is 9. The van der Waals surface area contributed by atoms with Gasteiger partial charge in [0.25, 0.3) is 0 Å². The van der Waals surface area contributed by atoms with Gasteiger partial charge in [0.2, 0.25) is 0 Å². The van der Waals surface area contributed by atoms with E-state index < -0.39 is 0 Å². The van der Waals surface area contributed by atoms with Crippen LogP contribution in [0.3, 0.4) is 0 Å². The minimum absolute atomic E-state index is 0.0974. The zero-order chi connectivity index (χ0) is 24.2. The van der Waals surface area contributed by atoms with Crippen LogP contribution in [-0.2, 0) is 9.53 Å². The Hall–Kier alpha value is -3.46. The highest BCUT2D eigenvalue weighted by Crippen LogP contribution is 2.27. The number of benzene rings is 3. The van der Waals surface area contributed by atoms with Crippen LogP contribution >= 0.6 is 11.8 Å². The van der Waals surface area contributed by atoms with Crippen molar-refractivity contribution >= 4 is 23.3 Å². The van der Waals surface area contributed by atoms with Gasteiger partial charge in [-0.15, -0.1) is 11.8 Å². The summed E-state index contributed by atoms with van der Waals surface area (Å²) in [6, 6.07) is 24.4. The molecule has 3 rings (SSSR count). The Kier molecular flexibility index (Phi) is 9.84. The van der Waals surface area contributed by atoms with Crippen molar-refractivity contribution in [2.45, 2.75) is 18.7 Å². The molecular weight excluding hydrogens is 444 g/mol. The summed E-state index contributed by atoms with van der Waals surface area (Å²) in [5, 5.41) is 9.18. The van der Waals surface area contributed by atoms with E-state index in [-0.39, 0.29) is 19.2 Å². The number of aliphatic hydroxyl groups is 1. The Labute approximate surface area is 205 Å². The number of esters is 1. The number of aryl methyl sites for hydroxylation is 1. The van der Waals surface area contributed by atoms with E-state index in [2.05, 4.69) is 54.3 Å². The average molecular weight is 473 g/mol. The van der Waals surface area contributed by atoms with E-state index in [1.54, 1.807) is 18.7 Å². The van der Waals surface area contributed by atoms with Gasteiger partial charge < -0.3 is 14.6 Å². The molecule has 0 bridgehead atoms. The molecule has 0 aromatic heterocycles. The normalized spacial score (nSPS) is 10.9. The lowest BCUT2D eigenvalue weighted by Crippen LogP contribution is -2.14. The molecule has 0 heterocycles. The van der Waals surface area contributed by atoms with Gasteiger partial charge in [-0.2, -0.15) is 0 Å². The Morgan fingerprint density at radius 2 is 1.76 bits per heavy atom. The molecule has 34 heavy (non-hydrogen) atoms. The largest absolute Gasteiger partial charge is 0.482 e. The fraction of sp³-hybridized carbons (Fsp3) is 0.207. The van der Waals surface area contributed by atoms with Crippen LogP contribution in [0.5, 0.6) is 5.75 Å². The first-order valence-corrected chi connectivity index (χ1v) is 12.1. The van der Waals surface area contributed by atoms with Crippen molar-refractivity contribution < 1.29 is 19.4 Å². The van der Waals surface area contributed by atoms with Crippen LogP contribution in [0, 0.1) is 18.8 Å². The minimum Gasteiger partial charge on any atom is -0.482 e. The van der Waals surface area contributed by atoms with Gasteiger partial charge in [0.15, 0.2) is 6.61 Å². The Balaban J connectivity index is 1.66. The van der Waals surface area contributed by atoms with Gasteiger partial charge >= 0.3 is 5.97 Å². The van der Waals surface area contributed by atoms with E-state index in [0.29, 0.717) is 12.4 Å². The van der Waals surface area contributed by atoms with E-state index in [1.807, 2.05) is 43.3 Å². The van der Waals surface area contributed by atoms with Crippen LogP contribution in [0.4, 0.5) is 0 Å². The fourth-order valence-corrected chi connectivity index (χ4v) is 4.15. The molecule has 0 aliphatic carbocycles. The Morgan fingerprint density at radius 3 is 2.44 bits per heavy atom. The molecule has 0 aliphatic heterocycles. The second-order valence-corrected chi connectivity index (χ2v) is 8.45. The van der Waals surface area contributed by atoms with E-state index in [4.69, 9.17) is 9.47 Å². The van der Waals surface area contributed by atoms with Gasteiger partial charge in [-0.3, -0.25) is 0 Å². The molecule has 0 aliphatic rings. The summed E-state index contributed by atoms with van der Waals surface area (Å²) < 4.78 is 10.4. The van der Waals surface area contributed by atoms with Gasteiger partial charge in [-0.25, -0.2) is 4.79 Å². The zero-order valence-corrected chi connectivity index (χ0v) is 20.2. The number of aliphatic hydroxyl groups excluding tert-OH is 1. The second kappa shape index (κ2) is 13.3. The smallest absolute Gasteiger partial charge is 0.344 e. The summed E-state index contributed by atoms with van der Waals surface area (Å²) in [6.45, 7) is 3.78. The highest BCUT2D eigenvalue weighted by molar-refractivity contribution is 7.99. The van der Waals surface area contributed by atoms with E-state index in [1.165, 1.54) is 5.56 Å². The third kappa shape index (κ3) is 7.55. The van der Waals surface area contributed by atoms with Gasteiger partial charge in [0.1, 0.15) is 12.4 Å². The molecule has 0 amide bonds.